The number of imide groups is 1. The van der Waals surface area contributed by atoms with E-state index in [0.29, 0.717) is 18.1 Å². The number of carbonyl (C=O) groups excluding carboxylic acids is 2. The molecule has 1 aromatic carbocycles. The van der Waals surface area contributed by atoms with Crippen LogP contribution in [0, 0.1) is 11.3 Å². The highest BCUT2D eigenvalue weighted by Gasteiger charge is 2.56. The summed E-state index contributed by atoms with van der Waals surface area (Å²) in [4.78, 5) is 28.7. The van der Waals surface area contributed by atoms with E-state index in [4.69, 9.17) is 5.26 Å². The molecule has 1 saturated heterocycles. The van der Waals surface area contributed by atoms with Crippen molar-refractivity contribution in [1.29, 1.82) is 5.26 Å². The van der Waals surface area contributed by atoms with E-state index in [1.54, 1.807) is 13.0 Å². The summed E-state index contributed by atoms with van der Waals surface area (Å²) in [6.45, 7) is 3.76. The van der Waals surface area contributed by atoms with Crippen LogP contribution in [-0.4, -0.2) is 28.9 Å². The first kappa shape index (κ1) is 20.6. The van der Waals surface area contributed by atoms with E-state index in [-0.39, 0.29) is 12.2 Å². The molecule has 0 spiro atoms. The summed E-state index contributed by atoms with van der Waals surface area (Å²) in [5.74, 6) is -0.605. The number of allylic oxidation sites excluding steroid dienone is 2. The first-order chi connectivity index (χ1) is 13.7. The highest BCUT2D eigenvalue weighted by atomic mass is 19.4. The molecule has 1 heterocycles. The van der Waals surface area contributed by atoms with Crippen LogP contribution in [-0.2, 0) is 11.0 Å². The van der Waals surface area contributed by atoms with Gasteiger partial charge in [0.05, 0.1) is 22.9 Å². The minimum Gasteiger partial charge on any atom is -0.305 e. The zero-order valence-electron chi connectivity index (χ0n) is 16.1. The third-order valence-electron chi connectivity index (χ3n) is 5.27. The Morgan fingerprint density at radius 3 is 2.52 bits per heavy atom. The second-order valence-corrected chi connectivity index (χ2v) is 7.13. The van der Waals surface area contributed by atoms with E-state index >= 15 is 0 Å². The number of benzene rings is 1. The monoisotopic (exact) mass is 403 g/mol. The van der Waals surface area contributed by atoms with Crippen LogP contribution in [0.3, 0.4) is 0 Å². The Kier molecular flexibility index (Phi) is 5.26. The third-order valence-corrected chi connectivity index (χ3v) is 5.27. The smallest absolute Gasteiger partial charge is 0.305 e. The van der Waals surface area contributed by atoms with Crippen molar-refractivity contribution < 1.29 is 22.8 Å². The lowest BCUT2D eigenvalue weighted by Crippen LogP contribution is -2.48. The first-order valence-electron chi connectivity index (χ1n) is 9.31. The molecule has 1 aliphatic heterocycles. The summed E-state index contributed by atoms with van der Waals surface area (Å²) in [7, 11) is 0. The molecule has 3 amide bonds. The van der Waals surface area contributed by atoms with Crippen molar-refractivity contribution in [3.63, 3.8) is 0 Å². The number of anilines is 1. The van der Waals surface area contributed by atoms with Crippen LogP contribution in [0.25, 0.3) is 0 Å². The molecule has 1 unspecified atom stereocenters. The zero-order chi connectivity index (χ0) is 21.4. The number of hydrogen-bond donors (Lipinski definition) is 0. The molecule has 3 rings (SSSR count). The number of alkyl halides is 3. The quantitative estimate of drug-likeness (QED) is 0.679. The fourth-order valence-corrected chi connectivity index (χ4v) is 3.76. The standard InChI is InChI=1S/C21H20F3N3O2/c1-3-11-26-19(29)27(18(28)20(26,2)15-7-5-4-6-8-15)16-10-9-14(13-25)17(12-16)21(22,23)24/h5,7-10,12H,3-4,6,11H2,1-2H3. The maximum Gasteiger partial charge on any atom is 0.417 e. The van der Waals surface area contributed by atoms with Crippen LogP contribution < -0.4 is 4.90 Å². The van der Waals surface area contributed by atoms with Gasteiger partial charge in [0.15, 0.2) is 0 Å². The molecule has 1 aliphatic carbocycles. The number of urea groups is 1. The van der Waals surface area contributed by atoms with Crippen LogP contribution in [0.1, 0.15) is 44.2 Å². The molecule has 29 heavy (non-hydrogen) atoms. The molecule has 8 heteroatoms. The second-order valence-electron chi connectivity index (χ2n) is 7.13. The molecule has 0 N–H and O–H groups in total. The van der Waals surface area contributed by atoms with E-state index in [0.717, 1.165) is 23.8 Å². The molecule has 1 aromatic rings. The van der Waals surface area contributed by atoms with Crippen molar-refractivity contribution in [3.05, 3.63) is 53.1 Å². The molecule has 0 bridgehead atoms. The number of nitriles is 1. The largest absolute Gasteiger partial charge is 0.417 e. The third kappa shape index (κ3) is 3.31. The van der Waals surface area contributed by atoms with Crippen molar-refractivity contribution >= 4 is 17.6 Å². The summed E-state index contributed by atoms with van der Waals surface area (Å²) in [6, 6.07) is 3.71. The van der Waals surface area contributed by atoms with Gasteiger partial charge in [0.1, 0.15) is 5.54 Å². The average molecular weight is 403 g/mol. The predicted octanol–water partition coefficient (Wildman–Crippen LogP) is 4.79. The van der Waals surface area contributed by atoms with E-state index in [1.807, 2.05) is 19.1 Å². The maximum absolute atomic E-state index is 13.4. The number of nitrogens with zero attached hydrogens (tertiary/aromatic N) is 3. The molecule has 152 valence electrons. The van der Waals surface area contributed by atoms with Gasteiger partial charge in [0, 0.05) is 6.54 Å². The van der Waals surface area contributed by atoms with Gasteiger partial charge in [-0.15, -0.1) is 0 Å². The molecule has 5 nitrogen and oxygen atoms in total. The molecule has 1 fully saturated rings. The first-order valence-corrected chi connectivity index (χ1v) is 9.31. The Balaban J connectivity index is 2.13. The second kappa shape index (κ2) is 7.39. The molecule has 2 aliphatic rings. The Hall–Kier alpha value is -3.08. The maximum atomic E-state index is 13.4. The molecule has 0 saturated carbocycles. The number of hydrogen-bond acceptors (Lipinski definition) is 3. The van der Waals surface area contributed by atoms with Gasteiger partial charge in [-0.1, -0.05) is 25.2 Å². The molecule has 0 aromatic heterocycles. The summed E-state index contributed by atoms with van der Waals surface area (Å²) < 4.78 is 40.1. The molecular formula is C21H20F3N3O2. The minimum atomic E-state index is -4.78. The van der Waals surface area contributed by atoms with Gasteiger partial charge >= 0.3 is 12.2 Å². The van der Waals surface area contributed by atoms with Crippen LogP contribution in [0.4, 0.5) is 23.7 Å². The van der Waals surface area contributed by atoms with E-state index < -0.39 is 34.8 Å². The topological polar surface area (TPSA) is 64.4 Å². The SMILES string of the molecule is CCCN1C(=O)N(c2ccc(C#N)c(C(F)(F)F)c2)C(=O)C1(C)C1=CCCC=C1. The minimum absolute atomic E-state index is 0.198. The summed E-state index contributed by atoms with van der Waals surface area (Å²) >= 11 is 0. The lowest BCUT2D eigenvalue weighted by atomic mass is 9.86. The van der Waals surface area contributed by atoms with Gasteiger partial charge in [-0.25, -0.2) is 9.69 Å². The summed E-state index contributed by atoms with van der Waals surface area (Å²) in [5, 5.41) is 8.99. The highest BCUT2D eigenvalue weighted by Crippen LogP contribution is 2.41. The highest BCUT2D eigenvalue weighted by molar-refractivity contribution is 6.24. The summed E-state index contributed by atoms with van der Waals surface area (Å²) in [5.41, 5.74) is -2.58. The Morgan fingerprint density at radius 2 is 1.97 bits per heavy atom. The normalized spacial score (nSPS) is 22.1. The Morgan fingerprint density at radius 1 is 1.24 bits per heavy atom. The number of carbonyl (C=O) groups is 2. The van der Waals surface area contributed by atoms with Gasteiger partial charge < -0.3 is 4.90 Å². The molecule has 1 atom stereocenters. The van der Waals surface area contributed by atoms with Gasteiger partial charge in [-0.2, -0.15) is 18.4 Å². The van der Waals surface area contributed by atoms with Crippen LogP contribution >= 0.6 is 0 Å². The molecule has 0 radical (unpaired) electrons. The van der Waals surface area contributed by atoms with Crippen molar-refractivity contribution in [2.75, 3.05) is 11.4 Å². The van der Waals surface area contributed by atoms with Crippen LogP contribution in [0.5, 0.6) is 0 Å². The van der Waals surface area contributed by atoms with E-state index in [1.165, 1.54) is 17.0 Å². The van der Waals surface area contributed by atoms with E-state index in [9.17, 15) is 22.8 Å². The summed E-state index contributed by atoms with van der Waals surface area (Å²) in [6.07, 6.45) is 2.93. The fourth-order valence-electron chi connectivity index (χ4n) is 3.76. The van der Waals surface area contributed by atoms with Gasteiger partial charge in [-0.3, -0.25) is 4.79 Å². The fraction of sp³-hybridized carbons (Fsp3) is 0.381. The van der Waals surface area contributed by atoms with Crippen molar-refractivity contribution in [2.24, 2.45) is 0 Å². The predicted molar refractivity (Wildman–Crippen MR) is 101 cm³/mol. The lowest BCUT2D eigenvalue weighted by Gasteiger charge is -2.33. The number of amides is 3. The number of halogens is 3. The van der Waals surface area contributed by atoms with Crippen LogP contribution in [0.15, 0.2) is 42.0 Å². The molecular weight excluding hydrogens is 383 g/mol. The Bertz CT molecular complexity index is 959. The van der Waals surface area contributed by atoms with Crippen molar-refractivity contribution in [3.8, 4) is 6.07 Å². The van der Waals surface area contributed by atoms with Gasteiger partial charge in [-0.05, 0) is 50.0 Å². The van der Waals surface area contributed by atoms with Crippen molar-refractivity contribution in [1.82, 2.24) is 4.90 Å². The van der Waals surface area contributed by atoms with E-state index in [2.05, 4.69) is 0 Å². The lowest BCUT2D eigenvalue weighted by molar-refractivity contribution is -0.137. The average Bonchev–Trinajstić information content (AvgIpc) is 2.89. The Labute approximate surface area is 166 Å². The van der Waals surface area contributed by atoms with Gasteiger partial charge in [0.25, 0.3) is 5.91 Å². The van der Waals surface area contributed by atoms with Gasteiger partial charge in [0.2, 0.25) is 0 Å². The zero-order valence-corrected chi connectivity index (χ0v) is 16.1. The van der Waals surface area contributed by atoms with Crippen molar-refractivity contribution in [2.45, 2.75) is 44.8 Å². The van der Waals surface area contributed by atoms with Crippen LogP contribution in [0.2, 0.25) is 0 Å². The number of rotatable bonds is 4.